The van der Waals surface area contributed by atoms with Gasteiger partial charge in [0.15, 0.2) is 0 Å². The molecule has 0 aliphatic heterocycles. The number of benzene rings is 1. The van der Waals surface area contributed by atoms with Crippen LogP contribution in [0.15, 0.2) is 29.3 Å². The summed E-state index contributed by atoms with van der Waals surface area (Å²) >= 11 is 0. The smallest absolute Gasteiger partial charge is 0.115 e. The first-order valence-electron chi connectivity index (χ1n) is 8.16. The summed E-state index contributed by atoms with van der Waals surface area (Å²) in [5.41, 5.74) is 4.11. The van der Waals surface area contributed by atoms with Gasteiger partial charge in [0.05, 0.1) is 24.7 Å². The molecule has 2 rings (SSSR count). The van der Waals surface area contributed by atoms with Crippen molar-refractivity contribution in [3.8, 4) is 5.75 Å². The Kier molecular flexibility index (Phi) is 6.37. The predicted octanol–water partition coefficient (Wildman–Crippen LogP) is 2.53. The molecule has 1 unspecified atom stereocenters. The van der Waals surface area contributed by atoms with Crippen LogP contribution in [-0.4, -0.2) is 44.3 Å². The minimum absolute atomic E-state index is 0.254. The van der Waals surface area contributed by atoms with E-state index in [4.69, 9.17) is 0 Å². The maximum atomic E-state index is 9.60. The van der Waals surface area contributed by atoms with Crippen LogP contribution in [0.2, 0.25) is 0 Å². The van der Waals surface area contributed by atoms with Gasteiger partial charge < -0.3 is 15.1 Å². The van der Waals surface area contributed by atoms with Crippen LogP contribution in [0.5, 0.6) is 5.75 Å². The van der Waals surface area contributed by atoms with E-state index < -0.39 is 0 Å². The van der Waals surface area contributed by atoms with Gasteiger partial charge >= 0.3 is 0 Å². The molecule has 0 aliphatic carbocycles. The van der Waals surface area contributed by atoms with Gasteiger partial charge in [-0.05, 0) is 44.9 Å². The second kappa shape index (κ2) is 8.49. The van der Waals surface area contributed by atoms with Crippen LogP contribution in [-0.2, 0) is 13.1 Å². The minimum Gasteiger partial charge on any atom is -0.508 e. The number of phenols is 1. The van der Waals surface area contributed by atoms with E-state index in [-0.39, 0.29) is 11.9 Å². The van der Waals surface area contributed by atoms with E-state index in [1.165, 1.54) is 0 Å². The van der Waals surface area contributed by atoms with Crippen molar-refractivity contribution in [1.29, 1.82) is 0 Å². The van der Waals surface area contributed by atoms with Gasteiger partial charge in [0.25, 0.3) is 0 Å². The van der Waals surface area contributed by atoms with Crippen molar-refractivity contribution >= 4 is 6.34 Å². The number of rotatable bonds is 8. The number of aliphatic hydroxyl groups excluding tert-OH is 1. The largest absolute Gasteiger partial charge is 0.508 e. The Labute approximate surface area is 142 Å². The third-order valence-corrected chi connectivity index (χ3v) is 3.91. The zero-order chi connectivity index (χ0) is 17.5. The Morgan fingerprint density at radius 2 is 2.17 bits per heavy atom. The van der Waals surface area contributed by atoms with Crippen LogP contribution in [0.4, 0.5) is 0 Å². The topological polar surface area (TPSA) is 84.7 Å². The zero-order valence-electron chi connectivity index (χ0n) is 14.5. The lowest BCUT2D eigenvalue weighted by molar-refractivity contribution is 0.172. The van der Waals surface area contributed by atoms with Crippen molar-refractivity contribution in [2.24, 2.45) is 4.99 Å². The summed E-state index contributed by atoms with van der Waals surface area (Å²) < 4.78 is 0. The quantitative estimate of drug-likeness (QED) is 0.513. The number of H-pyrrole nitrogens is 1. The maximum absolute atomic E-state index is 9.60. The lowest BCUT2D eigenvalue weighted by Gasteiger charge is -2.20. The minimum atomic E-state index is -0.358. The molecule has 130 valence electrons. The molecule has 0 bridgehead atoms. The zero-order valence-corrected chi connectivity index (χ0v) is 14.5. The van der Waals surface area contributed by atoms with Gasteiger partial charge in [0.1, 0.15) is 5.75 Å². The second-order valence-corrected chi connectivity index (χ2v) is 6.15. The summed E-state index contributed by atoms with van der Waals surface area (Å²) in [6.45, 7) is 7.63. The number of aliphatic imine (C=N–C) groups is 1. The number of aromatic amines is 1. The number of aromatic hydroxyl groups is 1. The third-order valence-electron chi connectivity index (χ3n) is 3.91. The van der Waals surface area contributed by atoms with Crippen molar-refractivity contribution in [3.63, 3.8) is 0 Å². The Morgan fingerprint density at radius 3 is 2.79 bits per heavy atom. The molecule has 6 nitrogen and oxygen atoms in total. The van der Waals surface area contributed by atoms with Crippen molar-refractivity contribution in [2.75, 3.05) is 6.54 Å². The molecule has 24 heavy (non-hydrogen) atoms. The Bertz CT molecular complexity index is 660. The fourth-order valence-corrected chi connectivity index (χ4v) is 2.47. The first kappa shape index (κ1) is 18.0. The molecule has 1 aromatic heterocycles. The third kappa shape index (κ3) is 5.38. The summed E-state index contributed by atoms with van der Waals surface area (Å²) in [6, 6.07) is 7.19. The molecule has 0 saturated heterocycles. The lowest BCUT2D eigenvalue weighted by atomic mass is 10.2. The van der Waals surface area contributed by atoms with Crippen LogP contribution in [0, 0.1) is 13.8 Å². The molecule has 0 fully saturated rings. The highest BCUT2D eigenvalue weighted by molar-refractivity contribution is 5.55. The van der Waals surface area contributed by atoms with Gasteiger partial charge in [-0.3, -0.25) is 10.1 Å². The Hall–Kier alpha value is -2.34. The summed E-state index contributed by atoms with van der Waals surface area (Å²) in [7, 11) is 0. The molecule has 0 amide bonds. The van der Waals surface area contributed by atoms with E-state index in [1.54, 1.807) is 19.1 Å². The molecule has 0 aliphatic rings. The first-order chi connectivity index (χ1) is 11.5. The van der Waals surface area contributed by atoms with Crippen molar-refractivity contribution in [2.45, 2.75) is 46.4 Å². The van der Waals surface area contributed by atoms with Crippen LogP contribution in [0.3, 0.4) is 0 Å². The van der Waals surface area contributed by atoms with E-state index in [1.807, 2.05) is 37.2 Å². The van der Waals surface area contributed by atoms with Crippen molar-refractivity contribution in [3.05, 3.63) is 46.8 Å². The summed E-state index contributed by atoms with van der Waals surface area (Å²) in [4.78, 5) is 6.58. The van der Waals surface area contributed by atoms with Crippen LogP contribution >= 0.6 is 0 Å². The van der Waals surface area contributed by atoms with Crippen molar-refractivity contribution in [1.82, 2.24) is 15.1 Å². The SMILES string of the molecule is Cc1n[nH]c(C)c1C/N=C\N(CCC(C)O)Cc1cccc(O)c1. The van der Waals surface area contributed by atoms with Gasteiger partial charge in [-0.2, -0.15) is 5.10 Å². The number of aromatic nitrogens is 2. The van der Waals surface area contributed by atoms with Gasteiger partial charge in [-0.15, -0.1) is 0 Å². The number of nitrogens with zero attached hydrogens (tertiary/aromatic N) is 3. The molecule has 1 heterocycles. The number of hydrogen-bond donors (Lipinski definition) is 3. The summed E-state index contributed by atoms with van der Waals surface area (Å²) in [6.07, 6.45) is 2.12. The van der Waals surface area contributed by atoms with Gasteiger partial charge in [0.2, 0.25) is 0 Å². The molecule has 3 N–H and O–H groups in total. The van der Waals surface area contributed by atoms with E-state index in [9.17, 15) is 10.2 Å². The number of hydrogen-bond acceptors (Lipinski definition) is 4. The van der Waals surface area contributed by atoms with Crippen LogP contribution in [0.1, 0.15) is 35.9 Å². The molecule has 6 heteroatoms. The van der Waals surface area contributed by atoms with Crippen molar-refractivity contribution < 1.29 is 10.2 Å². The molecule has 0 saturated carbocycles. The number of aryl methyl sites for hydroxylation is 2. The highest BCUT2D eigenvalue weighted by Gasteiger charge is 2.07. The second-order valence-electron chi connectivity index (χ2n) is 6.15. The highest BCUT2D eigenvalue weighted by atomic mass is 16.3. The fraction of sp³-hybridized carbons (Fsp3) is 0.444. The fourth-order valence-electron chi connectivity index (χ4n) is 2.47. The van der Waals surface area contributed by atoms with Gasteiger partial charge in [-0.25, -0.2) is 0 Å². The molecular weight excluding hydrogens is 304 g/mol. The van der Waals surface area contributed by atoms with E-state index in [0.717, 1.165) is 22.5 Å². The predicted molar refractivity (Wildman–Crippen MR) is 95.1 cm³/mol. The standard InChI is InChI=1S/C18H26N4O2/c1-13(23)7-8-22(11-16-5-4-6-17(24)9-16)12-19-10-18-14(2)20-21-15(18)3/h4-6,9,12-13,23-24H,7-8,10-11H2,1-3H3,(H,20,21)/b19-12-. The molecular formula is C18H26N4O2. The summed E-state index contributed by atoms with van der Waals surface area (Å²) in [5.74, 6) is 0.254. The van der Waals surface area contributed by atoms with E-state index in [2.05, 4.69) is 15.2 Å². The first-order valence-corrected chi connectivity index (χ1v) is 8.16. The average Bonchev–Trinajstić information content (AvgIpc) is 2.84. The van der Waals surface area contributed by atoms with E-state index >= 15 is 0 Å². The average molecular weight is 330 g/mol. The lowest BCUT2D eigenvalue weighted by Crippen LogP contribution is -2.25. The van der Waals surface area contributed by atoms with Gasteiger partial charge in [0, 0.05) is 24.3 Å². The van der Waals surface area contributed by atoms with Crippen LogP contribution in [0.25, 0.3) is 0 Å². The Morgan fingerprint density at radius 1 is 1.38 bits per heavy atom. The maximum Gasteiger partial charge on any atom is 0.115 e. The monoisotopic (exact) mass is 330 g/mol. The normalized spacial score (nSPS) is 12.7. The highest BCUT2D eigenvalue weighted by Crippen LogP contribution is 2.14. The molecule has 1 aromatic carbocycles. The molecule has 0 spiro atoms. The van der Waals surface area contributed by atoms with E-state index in [0.29, 0.717) is 26.1 Å². The molecule has 1 atom stereocenters. The van der Waals surface area contributed by atoms with Gasteiger partial charge in [-0.1, -0.05) is 12.1 Å². The molecule has 2 aromatic rings. The number of nitrogens with one attached hydrogen (secondary N) is 1. The Balaban J connectivity index is 2.03. The van der Waals surface area contributed by atoms with Crippen LogP contribution < -0.4 is 0 Å². The number of aliphatic hydroxyl groups is 1. The molecule has 0 radical (unpaired) electrons. The summed E-state index contributed by atoms with van der Waals surface area (Å²) in [5, 5.41) is 26.3. The number of phenolic OH excluding ortho intramolecular Hbond substituents is 1.